The van der Waals surface area contributed by atoms with Crippen LogP contribution in [-0.4, -0.2) is 0 Å². The molecule has 0 heterocycles. The Morgan fingerprint density at radius 2 is 1.94 bits per heavy atom. The van der Waals surface area contributed by atoms with Gasteiger partial charge in [0.25, 0.3) is 0 Å². The Kier molecular flexibility index (Phi) is 4.33. The van der Waals surface area contributed by atoms with Crippen LogP contribution in [0.3, 0.4) is 0 Å². The highest BCUT2D eigenvalue weighted by molar-refractivity contribution is 5.23. The van der Waals surface area contributed by atoms with Gasteiger partial charge >= 0.3 is 0 Å². The molecule has 2 N–H and O–H groups in total. The molecular formula is C15H21F2N. The second-order valence-corrected chi connectivity index (χ2v) is 5.36. The maximum atomic E-state index is 13.7. The van der Waals surface area contributed by atoms with E-state index in [0.717, 1.165) is 25.7 Å². The lowest BCUT2D eigenvalue weighted by Crippen LogP contribution is -2.28. The van der Waals surface area contributed by atoms with Crippen LogP contribution >= 0.6 is 0 Å². The van der Waals surface area contributed by atoms with Crippen molar-refractivity contribution in [1.29, 1.82) is 0 Å². The van der Waals surface area contributed by atoms with Crippen LogP contribution < -0.4 is 5.73 Å². The van der Waals surface area contributed by atoms with E-state index in [9.17, 15) is 8.78 Å². The molecule has 0 aromatic heterocycles. The van der Waals surface area contributed by atoms with Gasteiger partial charge in [0.2, 0.25) is 0 Å². The van der Waals surface area contributed by atoms with Gasteiger partial charge < -0.3 is 5.73 Å². The molecule has 1 fully saturated rings. The van der Waals surface area contributed by atoms with Crippen LogP contribution in [0.2, 0.25) is 0 Å². The first kappa shape index (κ1) is 13.5. The van der Waals surface area contributed by atoms with Gasteiger partial charge in [-0.2, -0.15) is 0 Å². The van der Waals surface area contributed by atoms with Crippen molar-refractivity contribution < 1.29 is 8.78 Å². The third-order valence-corrected chi connectivity index (χ3v) is 4.24. The first-order valence-corrected chi connectivity index (χ1v) is 6.83. The number of hydrogen-bond donors (Lipinski definition) is 1. The predicted molar refractivity (Wildman–Crippen MR) is 69.0 cm³/mol. The van der Waals surface area contributed by atoms with Crippen LogP contribution in [0.4, 0.5) is 8.78 Å². The predicted octanol–water partition coefficient (Wildman–Crippen LogP) is 4.18. The van der Waals surface area contributed by atoms with Gasteiger partial charge in [0, 0.05) is 11.6 Å². The molecule has 100 valence electrons. The fourth-order valence-electron chi connectivity index (χ4n) is 3.09. The van der Waals surface area contributed by atoms with E-state index in [0.29, 0.717) is 5.92 Å². The number of hydrogen-bond acceptors (Lipinski definition) is 1. The quantitative estimate of drug-likeness (QED) is 0.859. The summed E-state index contributed by atoms with van der Waals surface area (Å²) in [4.78, 5) is 0. The summed E-state index contributed by atoms with van der Waals surface area (Å²) in [5.74, 6) is -0.165. The van der Waals surface area contributed by atoms with Gasteiger partial charge in [-0.05, 0) is 36.8 Å². The third kappa shape index (κ3) is 2.72. The highest BCUT2D eigenvalue weighted by atomic mass is 19.1. The minimum absolute atomic E-state index is 0.0688. The molecule has 3 unspecified atom stereocenters. The van der Waals surface area contributed by atoms with Crippen LogP contribution in [0, 0.1) is 23.5 Å². The van der Waals surface area contributed by atoms with Gasteiger partial charge in [-0.25, -0.2) is 8.78 Å². The van der Waals surface area contributed by atoms with Gasteiger partial charge in [-0.1, -0.05) is 32.3 Å². The van der Waals surface area contributed by atoms with Gasteiger partial charge in [0.15, 0.2) is 0 Å². The SMILES string of the molecule is CCC1CCCC(C(N)c2c(F)cccc2F)C1. The molecule has 3 heteroatoms. The zero-order chi connectivity index (χ0) is 13.1. The van der Waals surface area contributed by atoms with Crippen LogP contribution in [0.25, 0.3) is 0 Å². The zero-order valence-electron chi connectivity index (χ0n) is 10.8. The largest absolute Gasteiger partial charge is 0.324 e. The van der Waals surface area contributed by atoms with Gasteiger partial charge in [0.05, 0.1) is 0 Å². The van der Waals surface area contributed by atoms with Crippen LogP contribution in [0.15, 0.2) is 18.2 Å². The number of nitrogens with two attached hydrogens (primary N) is 1. The van der Waals surface area contributed by atoms with Crippen LogP contribution in [0.5, 0.6) is 0 Å². The molecule has 1 saturated carbocycles. The lowest BCUT2D eigenvalue weighted by atomic mass is 9.75. The highest BCUT2D eigenvalue weighted by Gasteiger charge is 2.29. The lowest BCUT2D eigenvalue weighted by molar-refractivity contribution is 0.225. The van der Waals surface area contributed by atoms with Crippen molar-refractivity contribution in [2.24, 2.45) is 17.6 Å². The van der Waals surface area contributed by atoms with Crippen LogP contribution in [0.1, 0.15) is 50.6 Å². The van der Waals surface area contributed by atoms with E-state index in [1.54, 1.807) is 0 Å². The summed E-state index contributed by atoms with van der Waals surface area (Å²) < 4.78 is 27.4. The minimum Gasteiger partial charge on any atom is -0.324 e. The molecule has 1 aliphatic rings. The van der Waals surface area contributed by atoms with Crippen molar-refractivity contribution in [3.63, 3.8) is 0 Å². The summed E-state index contributed by atoms with van der Waals surface area (Å²) in [7, 11) is 0. The summed E-state index contributed by atoms with van der Waals surface area (Å²) in [6.07, 6.45) is 5.44. The molecule has 1 nitrogen and oxygen atoms in total. The van der Waals surface area contributed by atoms with Crippen LogP contribution in [-0.2, 0) is 0 Å². The standard InChI is InChI=1S/C15H21F2N/c1-2-10-5-3-6-11(9-10)15(18)14-12(16)7-4-8-13(14)17/h4,7-8,10-11,15H,2-3,5-6,9,18H2,1H3. The van der Waals surface area contributed by atoms with Gasteiger partial charge in [0.1, 0.15) is 11.6 Å². The first-order chi connectivity index (χ1) is 8.63. The zero-order valence-corrected chi connectivity index (χ0v) is 10.8. The van der Waals surface area contributed by atoms with E-state index in [4.69, 9.17) is 5.73 Å². The summed E-state index contributed by atoms with van der Waals surface area (Å²) in [6.45, 7) is 2.17. The Balaban J connectivity index is 2.17. The molecule has 0 saturated heterocycles. The maximum absolute atomic E-state index is 13.7. The Labute approximate surface area is 107 Å². The molecule has 0 spiro atoms. The average Bonchev–Trinajstić information content (AvgIpc) is 2.38. The van der Waals surface area contributed by atoms with Crippen molar-refractivity contribution in [2.75, 3.05) is 0 Å². The fourth-order valence-corrected chi connectivity index (χ4v) is 3.09. The summed E-state index contributed by atoms with van der Waals surface area (Å²) in [5.41, 5.74) is 6.18. The highest BCUT2D eigenvalue weighted by Crippen LogP contribution is 2.38. The van der Waals surface area contributed by atoms with Crippen molar-refractivity contribution in [2.45, 2.75) is 45.1 Å². The van der Waals surface area contributed by atoms with Crippen molar-refractivity contribution in [3.8, 4) is 0 Å². The molecule has 1 aliphatic carbocycles. The first-order valence-electron chi connectivity index (χ1n) is 6.83. The maximum Gasteiger partial charge on any atom is 0.130 e. The third-order valence-electron chi connectivity index (χ3n) is 4.24. The van der Waals surface area contributed by atoms with Gasteiger partial charge in [-0.15, -0.1) is 0 Å². The number of halogens is 2. The summed E-state index contributed by atoms with van der Waals surface area (Å²) in [6, 6.07) is 3.45. The lowest BCUT2D eigenvalue weighted by Gasteiger charge is -2.32. The normalized spacial score (nSPS) is 26.0. The number of rotatable bonds is 3. The molecule has 1 aromatic carbocycles. The molecule has 18 heavy (non-hydrogen) atoms. The monoisotopic (exact) mass is 253 g/mol. The minimum atomic E-state index is -0.513. The molecule has 0 aliphatic heterocycles. The molecule has 0 radical (unpaired) electrons. The van der Waals surface area contributed by atoms with Crippen molar-refractivity contribution in [3.05, 3.63) is 35.4 Å². The van der Waals surface area contributed by atoms with E-state index in [1.165, 1.54) is 24.6 Å². The van der Waals surface area contributed by atoms with Gasteiger partial charge in [-0.3, -0.25) is 0 Å². The second-order valence-electron chi connectivity index (χ2n) is 5.36. The van der Waals surface area contributed by atoms with E-state index in [-0.39, 0.29) is 11.5 Å². The molecular weight excluding hydrogens is 232 g/mol. The van der Waals surface area contributed by atoms with Crippen molar-refractivity contribution >= 4 is 0 Å². The topological polar surface area (TPSA) is 26.0 Å². The number of benzene rings is 1. The second kappa shape index (κ2) is 5.79. The fraction of sp³-hybridized carbons (Fsp3) is 0.600. The average molecular weight is 253 g/mol. The van der Waals surface area contributed by atoms with Crippen molar-refractivity contribution in [1.82, 2.24) is 0 Å². The molecule has 1 aromatic rings. The van der Waals surface area contributed by atoms with E-state index in [2.05, 4.69) is 6.92 Å². The molecule has 3 atom stereocenters. The van der Waals surface area contributed by atoms with E-state index in [1.807, 2.05) is 0 Å². The Bertz CT molecular complexity index is 385. The summed E-state index contributed by atoms with van der Waals surface area (Å²) in [5, 5.41) is 0. The molecule has 0 amide bonds. The van der Waals surface area contributed by atoms with E-state index >= 15 is 0 Å². The van der Waals surface area contributed by atoms with E-state index < -0.39 is 17.7 Å². The summed E-state index contributed by atoms with van der Waals surface area (Å²) >= 11 is 0. The smallest absolute Gasteiger partial charge is 0.130 e. The molecule has 0 bridgehead atoms. The Morgan fingerprint density at radius 1 is 1.28 bits per heavy atom. The Hall–Kier alpha value is -0.960. The Morgan fingerprint density at radius 3 is 2.56 bits per heavy atom. The molecule has 2 rings (SSSR count).